The third-order valence-electron chi connectivity index (χ3n) is 3.09. The van der Waals surface area contributed by atoms with Crippen molar-refractivity contribution in [3.8, 4) is 0 Å². The standard InChI is InChI=1S/C10H20N2O/c1-7-4-8(2)9(3)12(6-7)10(13)5-11/h7-9H,4-6,11H2,1-3H3. The molecule has 3 unspecified atom stereocenters. The summed E-state index contributed by atoms with van der Waals surface area (Å²) in [6, 6.07) is 0.354. The number of piperidine rings is 1. The molecule has 0 aromatic heterocycles. The minimum atomic E-state index is 0.0888. The Hall–Kier alpha value is -0.570. The van der Waals surface area contributed by atoms with Gasteiger partial charge in [0.2, 0.25) is 5.91 Å². The average molecular weight is 184 g/mol. The molecule has 1 aliphatic heterocycles. The molecule has 0 radical (unpaired) electrons. The molecule has 1 heterocycles. The van der Waals surface area contributed by atoms with Crippen LogP contribution in [0.25, 0.3) is 0 Å². The van der Waals surface area contributed by atoms with E-state index in [-0.39, 0.29) is 12.5 Å². The van der Waals surface area contributed by atoms with E-state index in [0.29, 0.717) is 17.9 Å². The number of carbonyl (C=O) groups is 1. The van der Waals surface area contributed by atoms with Gasteiger partial charge in [0.25, 0.3) is 0 Å². The molecule has 0 aliphatic carbocycles. The highest BCUT2D eigenvalue weighted by molar-refractivity contribution is 5.78. The summed E-state index contributed by atoms with van der Waals surface area (Å²) in [6.45, 7) is 7.53. The lowest BCUT2D eigenvalue weighted by molar-refractivity contribution is -0.135. The van der Waals surface area contributed by atoms with Crippen molar-refractivity contribution in [3.05, 3.63) is 0 Å². The van der Waals surface area contributed by atoms with Crippen molar-refractivity contribution in [2.24, 2.45) is 17.6 Å². The highest BCUT2D eigenvalue weighted by atomic mass is 16.2. The van der Waals surface area contributed by atoms with Gasteiger partial charge in [-0.3, -0.25) is 4.79 Å². The van der Waals surface area contributed by atoms with Crippen molar-refractivity contribution < 1.29 is 4.79 Å². The molecule has 0 spiro atoms. The van der Waals surface area contributed by atoms with Crippen LogP contribution in [0.4, 0.5) is 0 Å². The van der Waals surface area contributed by atoms with Crippen LogP contribution in [0, 0.1) is 11.8 Å². The first-order chi connectivity index (χ1) is 6.06. The molecule has 1 fully saturated rings. The summed E-state index contributed by atoms with van der Waals surface area (Å²) in [7, 11) is 0. The van der Waals surface area contributed by atoms with Crippen LogP contribution in [0.15, 0.2) is 0 Å². The maximum Gasteiger partial charge on any atom is 0.236 e. The van der Waals surface area contributed by atoms with Crippen LogP contribution in [0.1, 0.15) is 27.2 Å². The molecule has 3 nitrogen and oxygen atoms in total. The number of nitrogens with two attached hydrogens (primary N) is 1. The van der Waals surface area contributed by atoms with E-state index in [1.807, 2.05) is 4.90 Å². The Morgan fingerprint density at radius 3 is 2.62 bits per heavy atom. The van der Waals surface area contributed by atoms with E-state index < -0.39 is 0 Å². The van der Waals surface area contributed by atoms with Crippen molar-refractivity contribution >= 4 is 5.91 Å². The molecule has 1 saturated heterocycles. The van der Waals surface area contributed by atoms with Crippen LogP contribution in [0.5, 0.6) is 0 Å². The van der Waals surface area contributed by atoms with Crippen LogP contribution in [0.2, 0.25) is 0 Å². The quantitative estimate of drug-likeness (QED) is 0.656. The van der Waals surface area contributed by atoms with Crippen molar-refractivity contribution in [2.45, 2.75) is 33.2 Å². The van der Waals surface area contributed by atoms with E-state index in [9.17, 15) is 4.79 Å². The monoisotopic (exact) mass is 184 g/mol. The number of nitrogens with zero attached hydrogens (tertiary/aromatic N) is 1. The molecule has 0 saturated carbocycles. The third-order valence-corrected chi connectivity index (χ3v) is 3.09. The molecule has 1 rings (SSSR count). The highest BCUT2D eigenvalue weighted by Crippen LogP contribution is 2.26. The molecule has 3 heteroatoms. The average Bonchev–Trinajstić information content (AvgIpc) is 2.10. The van der Waals surface area contributed by atoms with Gasteiger partial charge in [-0.25, -0.2) is 0 Å². The zero-order valence-corrected chi connectivity index (χ0v) is 8.79. The molecular formula is C10H20N2O. The summed E-state index contributed by atoms with van der Waals surface area (Å²) in [4.78, 5) is 13.4. The van der Waals surface area contributed by atoms with Crippen LogP contribution < -0.4 is 5.73 Å². The van der Waals surface area contributed by atoms with Crippen molar-refractivity contribution in [1.29, 1.82) is 0 Å². The number of likely N-dealkylation sites (tertiary alicyclic amines) is 1. The van der Waals surface area contributed by atoms with Crippen molar-refractivity contribution in [3.63, 3.8) is 0 Å². The normalized spacial score (nSPS) is 34.8. The Morgan fingerprint density at radius 1 is 1.46 bits per heavy atom. The zero-order valence-electron chi connectivity index (χ0n) is 8.79. The van der Waals surface area contributed by atoms with Crippen molar-refractivity contribution in [2.75, 3.05) is 13.1 Å². The minimum Gasteiger partial charge on any atom is -0.338 e. The molecule has 13 heavy (non-hydrogen) atoms. The smallest absolute Gasteiger partial charge is 0.236 e. The Labute approximate surface area is 80.3 Å². The van der Waals surface area contributed by atoms with Crippen LogP contribution >= 0.6 is 0 Å². The lowest BCUT2D eigenvalue weighted by Crippen LogP contribution is -2.50. The number of hydrogen-bond acceptors (Lipinski definition) is 2. The van der Waals surface area contributed by atoms with E-state index in [1.54, 1.807) is 0 Å². The first-order valence-corrected chi connectivity index (χ1v) is 5.05. The fraction of sp³-hybridized carbons (Fsp3) is 0.900. The summed E-state index contributed by atoms with van der Waals surface area (Å²) < 4.78 is 0. The van der Waals surface area contributed by atoms with Gasteiger partial charge in [-0.05, 0) is 25.2 Å². The van der Waals surface area contributed by atoms with E-state index in [4.69, 9.17) is 5.73 Å². The van der Waals surface area contributed by atoms with E-state index in [0.717, 1.165) is 6.54 Å². The summed E-state index contributed by atoms with van der Waals surface area (Å²) in [5.74, 6) is 1.30. The van der Waals surface area contributed by atoms with Gasteiger partial charge in [0.1, 0.15) is 0 Å². The lowest BCUT2D eigenvalue weighted by atomic mass is 9.86. The molecule has 0 aromatic rings. The molecular weight excluding hydrogens is 164 g/mol. The van der Waals surface area contributed by atoms with E-state index in [2.05, 4.69) is 20.8 Å². The largest absolute Gasteiger partial charge is 0.338 e. The second-order valence-electron chi connectivity index (χ2n) is 4.31. The second kappa shape index (κ2) is 4.09. The molecule has 1 aliphatic rings. The van der Waals surface area contributed by atoms with E-state index >= 15 is 0 Å². The third kappa shape index (κ3) is 2.21. The maximum atomic E-state index is 11.5. The molecule has 76 valence electrons. The number of hydrogen-bond donors (Lipinski definition) is 1. The predicted octanol–water partition coefficient (Wildman–Crippen LogP) is 0.838. The first-order valence-electron chi connectivity index (χ1n) is 5.05. The van der Waals surface area contributed by atoms with Crippen LogP contribution in [-0.4, -0.2) is 29.9 Å². The van der Waals surface area contributed by atoms with Crippen LogP contribution in [-0.2, 0) is 4.79 Å². The summed E-state index contributed by atoms with van der Waals surface area (Å²) >= 11 is 0. The SMILES string of the molecule is CC1CC(C)C(C)N(C(=O)CN)C1. The molecule has 0 aromatic carbocycles. The summed E-state index contributed by atoms with van der Waals surface area (Å²) in [5.41, 5.74) is 5.36. The molecule has 2 N–H and O–H groups in total. The Morgan fingerprint density at radius 2 is 2.08 bits per heavy atom. The lowest BCUT2D eigenvalue weighted by Gasteiger charge is -2.41. The first kappa shape index (κ1) is 10.5. The van der Waals surface area contributed by atoms with Gasteiger partial charge in [0.05, 0.1) is 6.54 Å². The Kier molecular flexibility index (Phi) is 3.31. The Balaban J connectivity index is 2.66. The van der Waals surface area contributed by atoms with Gasteiger partial charge < -0.3 is 10.6 Å². The number of rotatable bonds is 1. The molecule has 3 atom stereocenters. The van der Waals surface area contributed by atoms with E-state index in [1.165, 1.54) is 6.42 Å². The molecule has 1 amide bonds. The number of amides is 1. The fourth-order valence-electron chi connectivity index (χ4n) is 2.16. The fourth-order valence-corrected chi connectivity index (χ4v) is 2.16. The van der Waals surface area contributed by atoms with Gasteiger partial charge in [-0.15, -0.1) is 0 Å². The van der Waals surface area contributed by atoms with Gasteiger partial charge in [-0.1, -0.05) is 13.8 Å². The maximum absolute atomic E-state index is 11.5. The van der Waals surface area contributed by atoms with Crippen LogP contribution in [0.3, 0.4) is 0 Å². The van der Waals surface area contributed by atoms with Gasteiger partial charge >= 0.3 is 0 Å². The second-order valence-corrected chi connectivity index (χ2v) is 4.31. The minimum absolute atomic E-state index is 0.0888. The van der Waals surface area contributed by atoms with Gasteiger partial charge in [-0.2, -0.15) is 0 Å². The van der Waals surface area contributed by atoms with Crippen molar-refractivity contribution in [1.82, 2.24) is 4.90 Å². The highest BCUT2D eigenvalue weighted by Gasteiger charge is 2.30. The van der Waals surface area contributed by atoms with Gasteiger partial charge in [0, 0.05) is 12.6 Å². The Bertz CT molecular complexity index is 193. The summed E-state index contributed by atoms with van der Waals surface area (Å²) in [5, 5.41) is 0. The summed E-state index contributed by atoms with van der Waals surface area (Å²) in [6.07, 6.45) is 1.22. The topological polar surface area (TPSA) is 46.3 Å². The van der Waals surface area contributed by atoms with Gasteiger partial charge in [0.15, 0.2) is 0 Å². The molecule has 0 bridgehead atoms. The number of carbonyl (C=O) groups excluding carboxylic acids is 1. The zero-order chi connectivity index (χ0) is 10.0. The predicted molar refractivity (Wildman–Crippen MR) is 53.2 cm³/mol.